The lowest BCUT2D eigenvalue weighted by Crippen LogP contribution is -2.45. The summed E-state index contributed by atoms with van der Waals surface area (Å²) in [7, 11) is 1.66. The van der Waals surface area contributed by atoms with Crippen LogP contribution in [0.5, 0.6) is 0 Å². The Bertz CT molecular complexity index is 1070. The van der Waals surface area contributed by atoms with Crippen LogP contribution in [-0.4, -0.2) is 58.1 Å². The van der Waals surface area contributed by atoms with Crippen LogP contribution in [0.4, 0.5) is 0 Å². The normalized spacial score (nSPS) is 22.9. The Morgan fingerprint density at radius 1 is 1.21 bits per heavy atom. The summed E-state index contributed by atoms with van der Waals surface area (Å²) in [6.07, 6.45) is 2.98. The van der Waals surface area contributed by atoms with Gasteiger partial charge in [-0.1, -0.05) is 39.0 Å². The summed E-state index contributed by atoms with van der Waals surface area (Å²) < 4.78 is 6.91. The molecule has 2 heterocycles. The molecule has 2 amide bonds. The quantitative estimate of drug-likeness (QED) is 0.627. The Labute approximate surface area is 194 Å². The van der Waals surface area contributed by atoms with Gasteiger partial charge in [0, 0.05) is 31.6 Å². The van der Waals surface area contributed by atoms with Gasteiger partial charge in [-0.3, -0.25) is 19.1 Å². The zero-order chi connectivity index (χ0) is 23.9. The number of hydrogen-bond acceptors (Lipinski definition) is 5. The lowest BCUT2D eigenvalue weighted by atomic mass is 9.82. The molecule has 0 spiro atoms. The van der Waals surface area contributed by atoms with E-state index in [4.69, 9.17) is 10.5 Å². The first-order valence-electron chi connectivity index (χ1n) is 11.7. The second-order valence-electron chi connectivity index (χ2n) is 10.8. The SMILES string of the molecule is COC[C@@H](CC(=O)[C@@H]1C[C@H]2C[C@H]2N1C(=O)Cn1nc(C(N)=O)c2ccccc21)CC(C)(C)C. The number of para-hydroxylation sites is 1. The first-order chi connectivity index (χ1) is 15.6. The lowest BCUT2D eigenvalue weighted by Gasteiger charge is -2.30. The van der Waals surface area contributed by atoms with Gasteiger partial charge in [-0.15, -0.1) is 0 Å². The average molecular weight is 455 g/mol. The first-order valence-corrected chi connectivity index (χ1v) is 11.7. The van der Waals surface area contributed by atoms with E-state index in [2.05, 4.69) is 25.9 Å². The number of likely N-dealkylation sites (tertiary alicyclic amines) is 1. The van der Waals surface area contributed by atoms with Crippen LogP contribution in [-0.2, 0) is 20.9 Å². The molecule has 1 aromatic carbocycles. The number of benzene rings is 1. The molecule has 8 nitrogen and oxygen atoms in total. The molecule has 4 atom stereocenters. The highest BCUT2D eigenvalue weighted by atomic mass is 16.5. The number of piperidine rings is 1. The predicted molar refractivity (Wildman–Crippen MR) is 124 cm³/mol. The number of amides is 2. The molecule has 4 rings (SSSR count). The number of aromatic nitrogens is 2. The average Bonchev–Trinajstić information content (AvgIpc) is 3.23. The van der Waals surface area contributed by atoms with Crippen molar-refractivity contribution in [1.29, 1.82) is 0 Å². The van der Waals surface area contributed by atoms with Crippen molar-refractivity contribution in [3.05, 3.63) is 30.0 Å². The molecule has 1 saturated carbocycles. The van der Waals surface area contributed by atoms with E-state index in [1.54, 1.807) is 24.1 Å². The molecule has 8 heteroatoms. The number of primary amides is 1. The highest BCUT2D eigenvalue weighted by molar-refractivity contribution is 6.04. The standard InChI is InChI=1S/C25H34N4O4/c1-25(2,3)12-15(14-33-4)9-21(30)20-11-16-10-19(16)29(20)22(31)13-28-18-8-6-5-7-17(18)23(27-28)24(26)32/h5-8,15-16,19-20H,9-14H2,1-4H3,(H2,26,32)/t15-,16+,19+,20-/m0/s1. The number of Topliss-reactive ketones (excluding diaryl/α,β-unsaturated/α-hetero) is 1. The number of carbonyl (C=O) groups is 3. The number of methoxy groups -OCH3 is 1. The van der Waals surface area contributed by atoms with Gasteiger partial charge in [0.1, 0.15) is 6.54 Å². The second kappa shape index (κ2) is 8.89. The van der Waals surface area contributed by atoms with Crippen LogP contribution in [0.15, 0.2) is 24.3 Å². The largest absolute Gasteiger partial charge is 0.384 e. The number of rotatable bonds is 9. The highest BCUT2D eigenvalue weighted by Gasteiger charge is 2.55. The first kappa shape index (κ1) is 23.4. The van der Waals surface area contributed by atoms with Crippen molar-refractivity contribution in [3.63, 3.8) is 0 Å². The predicted octanol–water partition coefficient (Wildman–Crippen LogP) is 2.78. The molecule has 1 saturated heterocycles. The third-order valence-electron chi connectivity index (χ3n) is 6.73. The molecule has 33 heavy (non-hydrogen) atoms. The summed E-state index contributed by atoms with van der Waals surface area (Å²) in [5.41, 5.74) is 6.41. The van der Waals surface area contributed by atoms with Gasteiger partial charge in [-0.2, -0.15) is 5.10 Å². The zero-order valence-electron chi connectivity index (χ0n) is 19.9. The monoisotopic (exact) mass is 454 g/mol. The molecule has 2 aliphatic rings. The summed E-state index contributed by atoms with van der Waals surface area (Å²) in [6.45, 7) is 7.00. The van der Waals surface area contributed by atoms with E-state index in [-0.39, 0.29) is 41.3 Å². The van der Waals surface area contributed by atoms with Crippen molar-refractivity contribution < 1.29 is 19.1 Å². The van der Waals surface area contributed by atoms with Gasteiger partial charge in [0.05, 0.1) is 11.6 Å². The van der Waals surface area contributed by atoms with E-state index < -0.39 is 11.9 Å². The molecule has 0 bridgehead atoms. The van der Waals surface area contributed by atoms with Crippen molar-refractivity contribution >= 4 is 28.5 Å². The number of ketones is 1. The maximum atomic E-state index is 13.4. The molecule has 1 aromatic heterocycles. The molecule has 1 aliphatic heterocycles. The molecule has 178 valence electrons. The van der Waals surface area contributed by atoms with Crippen molar-refractivity contribution in [2.45, 2.75) is 65.1 Å². The fraction of sp³-hybridized carbons (Fsp3) is 0.600. The summed E-state index contributed by atoms with van der Waals surface area (Å²) in [5, 5.41) is 4.94. The molecule has 0 unspecified atom stereocenters. The van der Waals surface area contributed by atoms with Crippen LogP contribution in [0, 0.1) is 17.3 Å². The smallest absolute Gasteiger partial charge is 0.269 e. The van der Waals surface area contributed by atoms with Gasteiger partial charge in [-0.05, 0) is 42.6 Å². The van der Waals surface area contributed by atoms with E-state index in [0.717, 1.165) is 19.3 Å². The third-order valence-corrected chi connectivity index (χ3v) is 6.73. The summed E-state index contributed by atoms with van der Waals surface area (Å²) >= 11 is 0. The number of nitrogens with zero attached hydrogens (tertiary/aromatic N) is 3. The van der Waals surface area contributed by atoms with E-state index in [9.17, 15) is 14.4 Å². The topological polar surface area (TPSA) is 108 Å². The summed E-state index contributed by atoms with van der Waals surface area (Å²) in [5.74, 6) is -0.116. The Kier molecular flexibility index (Phi) is 6.31. The molecule has 2 aromatic rings. The third kappa shape index (κ3) is 4.95. The van der Waals surface area contributed by atoms with Crippen LogP contribution < -0.4 is 5.73 Å². The van der Waals surface area contributed by atoms with Gasteiger partial charge >= 0.3 is 0 Å². The van der Waals surface area contributed by atoms with Crippen LogP contribution >= 0.6 is 0 Å². The number of nitrogens with two attached hydrogens (primary N) is 1. The number of ether oxygens (including phenoxy) is 1. The summed E-state index contributed by atoms with van der Waals surface area (Å²) in [6, 6.07) is 6.97. The van der Waals surface area contributed by atoms with E-state index in [0.29, 0.717) is 29.8 Å². The second-order valence-corrected chi connectivity index (χ2v) is 10.8. The van der Waals surface area contributed by atoms with Crippen LogP contribution in [0.1, 0.15) is 56.9 Å². The van der Waals surface area contributed by atoms with Crippen LogP contribution in [0.25, 0.3) is 10.9 Å². The number of carbonyl (C=O) groups excluding carboxylic acids is 3. The van der Waals surface area contributed by atoms with E-state index >= 15 is 0 Å². The van der Waals surface area contributed by atoms with Crippen LogP contribution in [0.2, 0.25) is 0 Å². The molecular weight excluding hydrogens is 420 g/mol. The minimum absolute atomic E-state index is 0.0235. The Hall–Kier alpha value is -2.74. The van der Waals surface area contributed by atoms with Gasteiger partial charge in [0.15, 0.2) is 11.5 Å². The lowest BCUT2D eigenvalue weighted by molar-refractivity contribution is -0.140. The van der Waals surface area contributed by atoms with Crippen LogP contribution in [0.3, 0.4) is 0 Å². The Morgan fingerprint density at radius 2 is 1.94 bits per heavy atom. The maximum absolute atomic E-state index is 13.4. The van der Waals surface area contributed by atoms with Gasteiger partial charge in [-0.25, -0.2) is 0 Å². The molecule has 1 aliphatic carbocycles. The molecule has 0 radical (unpaired) electrons. The Balaban J connectivity index is 1.51. The van der Waals surface area contributed by atoms with Crippen molar-refractivity contribution in [2.24, 2.45) is 23.0 Å². The number of fused-ring (bicyclic) bond motifs is 2. The Morgan fingerprint density at radius 3 is 2.61 bits per heavy atom. The maximum Gasteiger partial charge on any atom is 0.269 e. The number of hydrogen-bond donors (Lipinski definition) is 1. The molecule has 2 N–H and O–H groups in total. The minimum atomic E-state index is -0.628. The van der Waals surface area contributed by atoms with E-state index in [1.807, 2.05) is 12.1 Å². The van der Waals surface area contributed by atoms with Crippen molar-refractivity contribution in [2.75, 3.05) is 13.7 Å². The van der Waals surface area contributed by atoms with Gasteiger partial charge in [0.25, 0.3) is 5.91 Å². The van der Waals surface area contributed by atoms with Gasteiger partial charge < -0.3 is 15.4 Å². The molecular formula is C25H34N4O4. The summed E-state index contributed by atoms with van der Waals surface area (Å²) in [4.78, 5) is 40.3. The minimum Gasteiger partial charge on any atom is -0.384 e. The highest BCUT2D eigenvalue weighted by Crippen LogP contribution is 2.48. The van der Waals surface area contributed by atoms with Crippen molar-refractivity contribution in [3.8, 4) is 0 Å². The fourth-order valence-electron chi connectivity index (χ4n) is 5.45. The van der Waals surface area contributed by atoms with Gasteiger partial charge in [0.2, 0.25) is 5.91 Å². The fourth-order valence-corrected chi connectivity index (χ4v) is 5.45. The van der Waals surface area contributed by atoms with E-state index in [1.165, 1.54) is 4.68 Å². The zero-order valence-corrected chi connectivity index (χ0v) is 19.9. The van der Waals surface area contributed by atoms with Crippen molar-refractivity contribution in [1.82, 2.24) is 14.7 Å². The molecule has 2 fully saturated rings.